The topological polar surface area (TPSA) is 84.5 Å². The van der Waals surface area contributed by atoms with Gasteiger partial charge in [0.1, 0.15) is 24.4 Å². The van der Waals surface area contributed by atoms with Gasteiger partial charge in [-0.25, -0.2) is 15.0 Å². The molecule has 0 aliphatic carbocycles. The summed E-state index contributed by atoms with van der Waals surface area (Å²) in [5, 5.41) is 17.7. The fraction of sp³-hybridized carbons (Fsp3) is 0.312. The number of hydrazine groups is 1. The smallest absolute Gasteiger partial charge is 0.290 e. The molecule has 3 aliphatic heterocycles. The number of anilines is 2. The highest BCUT2D eigenvalue weighted by Gasteiger charge is 2.45. The molecule has 0 radical (unpaired) electrons. The lowest BCUT2D eigenvalue weighted by atomic mass is 10.1. The number of nitrogens with zero attached hydrogens (tertiary/aromatic N) is 7. The van der Waals surface area contributed by atoms with E-state index in [0.29, 0.717) is 12.6 Å². The number of aliphatic imine (C=N–C) groups is 1. The van der Waals surface area contributed by atoms with Crippen LogP contribution in [-0.2, 0) is 5.60 Å². The molecule has 1 atom stereocenters. The highest BCUT2D eigenvalue weighted by molar-refractivity contribution is 6.14. The highest BCUT2D eigenvalue weighted by Crippen LogP contribution is 2.46. The molecule has 9 nitrogen and oxygen atoms in total. The molecular formula is C16H16ClN7O2. The van der Waals surface area contributed by atoms with Crippen LogP contribution in [0.15, 0.2) is 45.8 Å². The lowest BCUT2D eigenvalue weighted by Gasteiger charge is -2.41. The van der Waals surface area contributed by atoms with Crippen LogP contribution in [0.5, 0.6) is 0 Å². The molecule has 3 aliphatic rings. The van der Waals surface area contributed by atoms with E-state index in [1.807, 2.05) is 29.4 Å². The molecule has 0 amide bonds. The Labute approximate surface area is 154 Å². The average Bonchev–Trinajstić information content (AvgIpc) is 3.30. The number of halogens is 1. The molecule has 1 unspecified atom stereocenters. The first-order valence-electron chi connectivity index (χ1n) is 8.12. The van der Waals surface area contributed by atoms with Gasteiger partial charge in [0.05, 0.1) is 11.9 Å². The van der Waals surface area contributed by atoms with Crippen LogP contribution in [0.3, 0.4) is 0 Å². The number of aromatic nitrogens is 2. The van der Waals surface area contributed by atoms with Crippen LogP contribution in [0.4, 0.5) is 11.6 Å². The van der Waals surface area contributed by atoms with Crippen molar-refractivity contribution in [1.82, 2.24) is 19.6 Å². The van der Waals surface area contributed by atoms with Crippen molar-refractivity contribution < 1.29 is 9.63 Å². The number of hydrogen-bond donors (Lipinski definition) is 1. The van der Waals surface area contributed by atoms with Crippen LogP contribution < -0.4 is 9.91 Å². The minimum atomic E-state index is -1.22. The third kappa shape index (κ3) is 2.10. The van der Waals surface area contributed by atoms with Crippen LogP contribution in [0.25, 0.3) is 0 Å². The Hall–Kier alpha value is -2.78. The maximum atomic E-state index is 10.1. The van der Waals surface area contributed by atoms with Crippen LogP contribution in [0, 0.1) is 0 Å². The maximum absolute atomic E-state index is 10.1. The Kier molecular flexibility index (Phi) is 3.05. The summed E-state index contributed by atoms with van der Waals surface area (Å²) in [5.74, 6) is 1.29. The molecule has 1 N–H and O–H groups in total. The van der Waals surface area contributed by atoms with Gasteiger partial charge in [-0.15, -0.1) is 0 Å². The van der Waals surface area contributed by atoms with Crippen molar-refractivity contribution in [2.24, 2.45) is 4.99 Å². The van der Waals surface area contributed by atoms with E-state index in [9.17, 15) is 5.11 Å². The molecule has 0 saturated heterocycles. The molecule has 0 saturated carbocycles. The summed E-state index contributed by atoms with van der Waals surface area (Å²) in [6, 6.07) is 8.07. The summed E-state index contributed by atoms with van der Waals surface area (Å²) in [4.78, 5) is 11.0. The normalized spacial score (nSPS) is 21.1. The quantitative estimate of drug-likeness (QED) is 0.801. The van der Waals surface area contributed by atoms with Gasteiger partial charge in [0, 0.05) is 17.3 Å². The van der Waals surface area contributed by atoms with Crippen LogP contribution in [0.1, 0.15) is 31.5 Å². The van der Waals surface area contributed by atoms with Crippen molar-refractivity contribution in [1.29, 1.82) is 0 Å². The van der Waals surface area contributed by atoms with Crippen molar-refractivity contribution in [3.63, 3.8) is 0 Å². The predicted octanol–water partition coefficient (Wildman–Crippen LogP) is 2.11. The largest absolute Gasteiger partial charge is 0.381 e. The van der Waals surface area contributed by atoms with Gasteiger partial charge < -0.3 is 14.5 Å². The summed E-state index contributed by atoms with van der Waals surface area (Å²) < 4.78 is 6.80. The van der Waals surface area contributed by atoms with Crippen molar-refractivity contribution in [3.8, 4) is 0 Å². The van der Waals surface area contributed by atoms with Crippen LogP contribution in [-0.4, -0.2) is 37.7 Å². The summed E-state index contributed by atoms with van der Waals surface area (Å²) in [6.45, 7) is 3.70. The van der Waals surface area contributed by atoms with Gasteiger partial charge in [0.2, 0.25) is 0 Å². The molecule has 26 heavy (non-hydrogen) atoms. The van der Waals surface area contributed by atoms with E-state index >= 15 is 0 Å². The Morgan fingerprint density at radius 3 is 2.88 bits per heavy atom. The van der Waals surface area contributed by atoms with Gasteiger partial charge in [0.15, 0.2) is 6.17 Å². The molecular weight excluding hydrogens is 358 g/mol. The molecule has 2 aromatic rings. The van der Waals surface area contributed by atoms with Crippen LogP contribution in [0.2, 0.25) is 0 Å². The number of para-hydroxylation sites is 1. The summed E-state index contributed by atoms with van der Waals surface area (Å²) in [7, 11) is 0. The number of benzene rings is 1. The molecule has 0 bridgehead atoms. The SMILES string of the molecule is CC(C)(O)c1nc(N2C=NC3c4ccccc4N4CN(Cl)C=C4N32)no1. The number of fused-ring (bicyclic) bond motifs is 6. The number of aliphatic hydroxyl groups is 1. The van der Waals surface area contributed by atoms with Gasteiger partial charge >= 0.3 is 0 Å². The van der Waals surface area contributed by atoms with Gasteiger partial charge in [-0.3, -0.25) is 4.42 Å². The molecule has 5 rings (SSSR count). The zero-order valence-corrected chi connectivity index (χ0v) is 14.9. The zero-order valence-electron chi connectivity index (χ0n) is 14.1. The third-order valence-electron chi connectivity index (χ3n) is 4.47. The first-order valence-corrected chi connectivity index (χ1v) is 8.46. The number of rotatable bonds is 2. The fourth-order valence-corrected chi connectivity index (χ4v) is 3.49. The summed E-state index contributed by atoms with van der Waals surface area (Å²) in [5.41, 5.74) is 0.899. The minimum absolute atomic E-state index is 0.137. The van der Waals surface area contributed by atoms with E-state index in [-0.39, 0.29) is 12.1 Å². The highest BCUT2D eigenvalue weighted by atomic mass is 35.5. The van der Waals surface area contributed by atoms with Crippen LogP contribution >= 0.6 is 11.8 Å². The standard InChI is InChI=1S/C16H16ClN7O2/c1-16(2,25)14-19-15(20-26-14)23-8-18-13-10-5-3-4-6-11(10)22-9-21(17)7-12(22)24(13)23/h3-8,13,25H,9H2,1-2H3. The monoisotopic (exact) mass is 373 g/mol. The lowest BCUT2D eigenvalue weighted by molar-refractivity contribution is 0.0420. The maximum Gasteiger partial charge on any atom is 0.290 e. The van der Waals surface area contributed by atoms with Gasteiger partial charge in [-0.05, 0) is 25.1 Å². The molecule has 0 fully saturated rings. The molecule has 10 heteroatoms. The Bertz CT molecular complexity index is 935. The molecule has 4 heterocycles. The minimum Gasteiger partial charge on any atom is -0.381 e. The predicted molar refractivity (Wildman–Crippen MR) is 94.7 cm³/mol. The number of hydrogen-bond acceptors (Lipinski definition) is 9. The van der Waals surface area contributed by atoms with E-state index < -0.39 is 5.60 Å². The first-order chi connectivity index (χ1) is 12.4. The van der Waals surface area contributed by atoms with Crippen molar-refractivity contribution in [3.05, 3.63) is 47.7 Å². The lowest BCUT2D eigenvalue weighted by Crippen LogP contribution is -2.47. The first kappa shape index (κ1) is 15.5. The van der Waals surface area contributed by atoms with Gasteiger partial charge in [-0.2, -0.15) is 4.98 Å². The molecule has 134 valence electrons. The van der Waals surface area contributed by atoms with Gasteiger partial charge in [-0.1, -0.05) is 18.2 Å². The Balaban J connectivity index is 1.59. The molecule has 1 aromatic heterocycles. The summed E-state index contributed by atoms with van der Waals surface area (Å²) in [6.07, 6.45) is 3.24. The molecule has 0 spiro atoms. The molecule has 1 aromatic carbocycles. The van der Waals surface area contributed by atoms with E-state index in [1.165, 1.54) is 0 Å². The van der Waals surface area contributed by atoms with E-state index in [1.54, 1.807) is 29.6 Å². The Morgan fingerprint density at radius 1 is 1.31 bits per heavy atom. The van der Waals surface area contributed by atoms with Crippen molar-refractivity contribution in [2.45, 2.75) is 25.6 Å². The second kappa shape index (κ2) is 5.12. The summed E-state index contributed by atoms with van der Waals surface area (Å²) >= 11 is 6.25. The van der Waals surface area contributed by atoms with Gasteiger partial charge in [0.25, 0.3) is 11.8 Å². The van der Waals surface area contributed by atoms with E-state index in [4.69, 9.17) is 16.3 Å². The van der Waals surface area contributed by atoms with E-state index in [0.717, 1.165) is 17.1 Å². The average molecular weight is 374 g/mol. The Morgan fingerprint density at radius 2 is 2.12 bits per heavy atom. The fourth-order valence-electron chi connectivity index (χ4n) is 3.29. The third-order valence-corrected chi connectivity index (χ3v) is 4.68. The second-order valence-electron chi connectivity index (χ2n) is 6.80. The van der Waals surface area contributed by atoms with Crippen molar-refractivity contribution in [2.75, 3.05) is 16.6 Å². The second-order valence-corrected chi connectivity index (χ2v) is 7.24. The van der Waals surface area contributed by atoms with Crippen molar-refractivity contribution >= 4 is 29.8 Å². The van der Waals surface area contributed by atoms with E-state index in [2.05, 4.69) is 26.1 Å². The zero-order chi connectivity index (χ0) is 18.1.